The van der Waals surface area contributed by atoms with Gasteiger partial charge in [0.2, 0.25) is 0 Å². The van der Waals surface area contributed by atoms with Gasteiger partial charge in [-0.1, -0.05) is 26.7 Å². The summed E-state index contributed by atoms with van der Waals surface area (Å²) in [6.07, 6.45) is 4.50. The van der Waals surface area contributed by atoms with Crippen molar-refractivity contribution < 1.29 is 29.3 Å². The van der Waals surface area contributed by atoms with Crippen LogP contribution in [-0.4, -0.2) is 48.6 Å². The molecule has 0 aromatic carbocycles. The molecule has 16 heavy (non-hydrogen) atoms. The molecule has 2 rings (SSSR count). The van der Waals surface area contributed by atoms with Crippen molar-refractivity contribution in [3.8, 4) is 0 Å². The van der Waals surface area contributed by atoms with E-state index in [0.29, 0.717) is 0 Å². The smallest absolute Gasteiger partial charge is 0.344 e. The zero-order valence-corrected chi connectivity index (χ0v) is 8.48. The van der Waals surface area contributed by atoms with E-state index in [1.165, 1.54) is 19.3 Å². The van der Waals surface area contributed by atoms with Crippen molar-refractivity contribution in [2.24, 2.45) is 0 Å². The van der Waals surface area contributed by atoms with Gasteiger partial charge in [0.1, 0.15) is 0 Å². The van der Waals surface area contributed by atoms with Crippen LogP contribution in [0.5, 0.6) is 0 Å². The van der Waals surface area contributed by atoms with E-state index in [1.807, 2.05) is 0 Å². The van der Waals surface area contributed by atoms with Crippen LogP contribution >= 0.6 is 0 Å². The van der Waals surface area contributed by atoms with Gasteiger partial charge in [0.15, 0.2) is 13.2 Å². The summed E-state index contributed by atoms with van der Waals surface area (Å²) in [5.74, 6) is -0.964. The Morgan fingerprint density at radius 1 is 0.875 bits per heavy atom. The summed E-state index contributed by atoms with van der Waals surface area (Å²) in [7, 11) is 0. The van der Waals surface area contributed by atoms with E-state index in [4.69, 9.17) is 10.2 Å². The Labute approximate surface area is 95.2 Å². The maximum absolute atomic E-state index is 10.1. The number of aliphatic hydroxyl groups excluding tert-OH is 2. The Balaban J connectivity index is 0. The summed E-state index contributed by atoms with van der Waals surface area (Å²) in [5.41, 5.74) is 0. The number of carbonyl (C=O) groups excluding carboxylic acids is 2. The lowest BCUT2D eigenvalue weighted by Crippen LogP contribution is -2.27. The molecule has 96 valence electrons. The molecule has 6 nitrogen and oxygen atoms in total. The first kappa shape index (κ1) is 17.3. The Bertz CT molecular complexity index is 157. The zero-order valence-electron chi connectivity index (χ0n) is 8.48. The fourth-order valence-electron chi connectivity index (χ4n) is 0.362. The maximum Gasteiger partial charge on any atom is 0.344 e. The van der Waals surface area contributed by atoms with E-state index in [2.05, 4.69) is 9.47 Å². The summed E-state index contributed by atoms with van der Waals surface area (Å²) in [4.78, 5) is 20.2. The number of cyclic esters (lactones) is 2. The van der Waals surface area contributed by atoms with Crippen molar-refractivity contribution in [2.45, 2.75) is 26.7 Å². The normalized spacial score (nSPS) is 16.1. The van der Waals surface area contributed by atoms with Gasteiger partial charge in [0, 0.05) is 0 Å². The molecule has 1 aliphatic carbocycles. The van der Waals surface area contributed by atoms with Gasteiger partial charge < -0.3 is 19.7 Å². The summed E-state index contributed by atoms with van der Waals surface area (Å²) < 4.78 is 8.55. The van der Waals surface area contributed by atoms with Crippen molar-refractivity contribution in [3.05, 3.63) is 0 Å². The lowest BCUT2D eigenvalue weighted by molar-refractivity contribution is -0.174. The average molecular weight is 236 g/mol. The molecule has 1 saturated heterocycles. The standard InChI is InChI=1S/C4H4O4.C3H6.C2H6O2.CH4/c5-3-1-7-4(6)2-8-3;1-2-3-1;3-1-2-4;/h1-2H2;1-3H2;3-4H,1-2H2;1H4. The van der Waals surface area contributed by atoms with Crippen LogP contribution in [0.4, 0.5) is 0 Å². The zero-order chi connectivity index (χ0) is 11.5. The minimum Gasteiger partial charge on any atom is -0.451 e. The van der Waals surface area contributed by atoms with Gasteiger partial charge in [-0.25, -0.2) is 9.59 Å². The first-order chi connectivity index (χ1) is 7.20. The van der Waals surface area contributed by atoms with Crippen LogP contribution in [0.1, 0.15) is 26.7 Å². The second-order valence-electron chi connectivity index (χ2n) is 2.83. The number of rotatable bonds is 1. The van der Waals surface area contributed by atoms with Crippen molar-refractivity contribution in [1.82, 2.24) is 0 Å². The number of hydrogen-bond acceptors (Lipinski definition) is 6. The highest BCUT2D eigenvalue weighted by atomic mass is 16.6. The number of aliphatic hydroxyl groups is 2. The average Bonchev–Trinajstić information content (AvgIpc) is 3.10. The maximum atomic E-state index is 10.1. The second-order valence-corrected chi connectivity index (χ2v) is 2.83. The second kappa shape index (κ2) is 11.9. The lowest BCUT2D eigenvalue weighted by atomic mass is 10.6. The Morgan fingerprint density at radius 2 is 1.19 bits per heavy atom. The SMILES string of the molecule is C.C1CC1.O=C1COC(=O)CO1.OCCO. The Morgan fingerprint density at radius 3 is 1.31 bits per heavy atom. The summed E-state index contributed by atoms with van der Waals surface area (Å²) in [6.45, 7) is -0.725. The van der Waals surface area contributed by atoms with E-state index >= 15 is 0 Å². The van der Waals surface area contributed by atoms with E-state index in [1.54, 1.807) is 0 Å². The monoisotopic (exact) mass is 236 g/mol. The first-order valence-corrected chi connectivity index (χ1v) is 4.73. The number of carbonyl (C=O) groups is 2. The summed E-state index contributed by atoms with van der Waals surface area (Å²) in [5, 5.41) is 15.2. The molecule has 1 heterocycles. The summed E-state index contributed by atoms with van der Waals surface area (Å²) >= 11 is 0. The Hall–Kier alpha value is -1.14. The topological polar surface area (TPSA) is 93.1 Å². The van der Waals surface area contributed by atoms with Crippen molar-refractivity contribution in [3.63, 3.8) is 0 Å². The molecule has 1 aliphatic heterocycles. The molecule has 0 spiro atoms. The molecule has 0 atom stereocenters. The molecule has 2 N–H and O–H groups in total. The molecule has 0 amide bonds. The fraction of sp³-hybridized carbons (Fsp3) is 0.800. The van der Waals surface area contributed by atoms with Crippen molar-refractivity contribution in [2.75, 3.05) is 26.4 Å². The van der Waals surface area contributed by atoms with Crippen molar-refractivity contribution in [1.29, 1.82) is 0 Å². The minimum atomic E-state index is -0.482. The van der Waals surface area contributed by atoms with Crippen LogP contribution in [0, 0.1) is 0 Å². The van der Waals surface area contributed by atoms with Gasteiger partial charge >= 0.3 is 11.9 Å². The third kappa shape index (κ3) is 15.3. The molecule has 2 aliphatic rings. The van der Waals surface area contributed by atoms with Gasteiger partial charge in [-0.15, -0.1) is 0 Å². The number of esters is 2. The van der Waals surface area contributed by atoms with Crippen LogP contribution in [0.15, 0.2) is 0 Å². The van der Waals surface area contributed by atoms with Crippen LogP contribution < -0.4 is 0 Å². The van der Waals surface area contributed by atoms with Gasteiger partial charge in [0.25, 0.3) is 0 Å². The largest absolute Gasteiger partial charge is 0.451 e. The molecule has 0 bridgehead atoms. The third-order valence-electron chi connectivity index (χ3n) is 1.16. The predicted molar refractivity (Wildman–Crippen MR) is 56.7 cm³/mol. The molecule has 1 saturated carbocycles. The first-order valence-electron chi connectivity index (χ1n) is 4.73. The van der Waals surface area contributed by atoms with Gasteiger partial charge in [-0.2, -0.15) is 0 Å². The van der Waals surface area contributed by atoms with E-state index in [9.17, 15) is 9.59 Å². The third-order valence-corrected chi connectivity index (χ3v) is 1.16. The van der Waals surface area contributed by atoms with Gasteiger partial charge in [0.05, 0.1) is 13.2 Å². The highest BCUT2D eigenvalue weighted by Gasteiger charge is 2.16. The molecular weight excluding hydrogens is 216 g/mol. The molecule has 0 unspecified atom stereocenters. The summed E-state index contributed by atoms with van der Waals surface area (Å²) in [6, 6.07) is 0. The molecule has 6 heteroatoms. The minimum absolute atomic E-state index is 0. The van der Waals surface area contributed by atoms with E-state index < -0.39 is 11.9 Å². The van der Waals surface area contributed by atoms with Crippen LogP contribution in [0.3, 0.4) is 0 Å². The molecule has 0 aromatic rings. The lowest BCUT2D eigenvalue weighted by Gasteiger charge is -2.09. The van der Waals surface area contributed by atoms with Crippen LogP contribution in [0.2, 0.25) is 0 Å². The van der Waals surface area contributed by atoms with Crippen molar-refractivity contribution >= 4 is 11.9 Å². The van der Waals surface area contributed by atoms with E-state index in [-0.39, 0.29) is 33.9 Å². The van der Waals surface area contributed by atoms with Crippen LogP contribution in [-0.2, 0) is 19.1 Å². The predicted octanol–water partition coefficient (Wildman–Crippen LogP) is -0.136. The Kier molecular flexibility index (Phi) is 12.9. The molecule has 0 aromatic heterocycles. The number of ether oxygens (including phenoxy) is 2. The number of hydrogen-bond donors (Lipinski definition) is 2. The molecule has 0 radical (unpaired) electrons. The van der Waals surface area contributed by atoms with E-state index in [0.717, 1.165) is 0 Å². The highest BCUT2D eigenvalue weighted by molar-refractivity contribution is 5.82. The molecular formula is C10H20O6. The quantitative estimate of drug-likeness (QED) is 0.616. The fourth-order valence-corrected chi connectivity index (χ4v) is 0.362. The molecule has 2 fully saturated rings. The highest BCUT2D eigenvalue weighted by Crippen LogP contribution is 2.14. The van der Waals surface area contributed by atoms with Crippen LogP contribution in [0.25, 0.3) is 0 Å². The van der Waals surface area contributed by atoms with Gasteiger partial charge in [-0.05, 0) is 0 Å². The van der Waals surface area contributed by atoms with Gasteiger partial charge in [-0.3, -0.25) is 0 Å².